The van der Waals surface area contributed by atoms with Crippen LogP contribution in [0.1, 0.15) is 44.5 Å². The van der Waals surface area contributed by atoms with Crippen molar-refractivity contribution in [2.75, 3.05) is 9.80 Å². The summed E-state index contributed by atoms with van der Waals surface area (Å²) in [6.45, 7) is 0. The zero-order valence-electron chi connectivity index (χ0n) is 44.1. The Balaban J connectivity index is 0.949. The molecule has 0 fully saturated rings. The zero-order chi connectivity index (χ0) is 53.0. The summed E-state index contributed by atoms with van der Waals surface area (Å²) in [6, 6.07) is 121. The van der Waals surface area contributed by atoms with Gasteiger partial charge in [-0.3, -0.25) is 0 Å². The van der Waals surface area contributed by atoms with E-state index >= 15 is 0 Å². The molecule has 0 bridgehead atoms. The Labute approximate surface area is 468 Å². The number of fused-ring (bicyclic) bond motifs is 7. The van der Waals surface area contributed by atoms with E-state index in [1.165, 1.54) is 77.5 Å². The van der Waals surface area contributed by atoms with Gasteiger partial charge < -0.3 is 9.80 Å². The average Bonchev–Trinajstić information content (AvgIpc) is 4.10. The van der Waals surface area contributed by atoms with Gasteiger partial charge in [0, 0.05) is 34.0 Å². The lowest BCUT2D eigenvalue weighted by Gasteiger charge is -2.35. The highest BCUT2D eigenvalue weighted by atomic mass is 15.2. The summed E-state index contributed by atoms with van der Waals surface area (Å²) < 4.78 is 0. The number of nitrogens with zero attached hydrogens (tertiary/aromatic N) is 2. The molecule has 0 spiro atoms. The van der Waals surface area contributed by atoms with Crippen LogP contribution in [0.25, 0.3) is 44.2 Å². The third kappa shape index (κ3) is 7.34. The third-order valence-corrected chi connectivity index (χ3v) is 16.9. The summed E-state index contributed by atoms with van der Waals surface area (Å²) >= 11 is 0. The highest BCUT2D eigenvalue weighted by Gasteiger charge is 2.48. The molecule has 2 aliphatic rings. The van der Waals surface area contributed by atoms with Crippen LogP contribution in [0.4, 0.5) is 34.1 Å². The van der Waals surface area contributed by atoms with E-state index < -0.39 is 10.8 Å². The minimum Gasteiger partial charge on any atom is -0.310 e. The van der Waals surface area contributed by atoms with E-state index in [1.807, 2.05) is 0 Å². The van der Waals surface area contributed by atoms with Crippen molar-refractivity contribution in [2.24, 2.45) is 0 Å². The Hall–Kier alpha value is -10.3. The van der Waals surface area contributed by atoms with Crippen molar-refractivity contribution >= 4 is 44.9 Å². The van der Waals surface area contributed by atoms with Crippen molar-refractivity contribution in [1.82, 2.24) is 0 Å². The molecule has 0 unspecified atom stereocenters. The molecular formula is C78H54N2. The number of hydrogen-bond donors (Lipinski definition) is 0. The first-order chi connectivity index (χ1) is 39.7. The van der Waals surface area contributed by atoms with Gasteiger partial charge in [0.25, 0.3) is 0 Å². The molecule has 0 amide bonds. The van der Waals surface area contributed by atoms with Gasteiger partial charge in [-0.25, -0.2) is 0 Å². The van der Waals surface area contributed by atoms with Crippen LogP contribution < -0.4 is 9.80 Å². The summed E-state index contributed by atoms with van der Waals surface area (Å²) in [5.41, 5.74) is 22.6. The molecule has 2 aliphatic carbocycles. The van der Waals surface area contributed by atoms with Crippen LogP contribution in [0.5, 0.6) is 0 Å². The molecule has 13 aromatic carbocycles. The molecule has 0 aliphatic heterocycles. The largest absolute Gasteiger partial charge is 0.310 e. The molecule has 2 heteroatoms. The Morgan fingerprint density at radius 3 is 1.21 bits per heavy atom. The van der Waals surface area contributed by atoms with Crippen LogP contribution in [0.15, 0.2) is 328 Å². The smallest absolute Gasteiger partial charge is 0.0714 e. The zero-order valence-corrected chi connectivity index (χ0v) is 44.1. The van der Waals surface area contributed by atoms with Gasteiger partial charge in [-0.15, -0.1) is 0 Å². The quantitative estimate of drug-likeness (QED) is 0.127. The van der Waals surface area contributed by atoms with E-state index in [0.717, 1.165) is 45.3 Å². The van der Waals surface area contributed by atoms with Gasteiger partial charge in [0.2, 0.25) is 0 Å². The van der Waals surface area contributed by atoms with Crippen LogP contribution in [0.3, 0.4) is 0 Å². The molecule has 0 radical (unpaired) electrons. The standard InChI is InChI=1S/C78H54N2/c1-6-26-55(27-7-1)67-42-20-23-47-76(67)80(63-39-24-36-61(52-63)78(60-34-12-4-13-35-60)72-45-21-18-43-68(72)69-44-19-22-46-73(69)78)65-41-25-40-64(53-65)79(62-37-14-5-15-38-62)66-48-49-74-71(54-66)70-50-56-28-16-17-29-57(56)51-75(70)77(74,58-30-8-2-9-31-58)59-32-10-3-11-33-59/h1-54H. The molecule has 15 rings (SSSR count). The molecule has 0 atom stereocenters. The van der Waals surface area contributed by atoms with Crippen LogP contribution in [-0.2, 0) is 10.8 Å². The number of hydrogen-bond acceptors (Lipinski definition) is 2. The molecule has 80 heavy (non-hydrogen) atoms. The fourth-order valence-corrected chi connectivity index (χ4v) is 13.6. The van der Waals surface area contributed by atoms with Crippen molar-refractivity contribution in [3.63, 3.8) is 0 Å². The maximum Gasteiger partial charge on any atom is 0.0714 e. The number of benzene rings is 13. The lowest BCUT2D eigenvalue weighted by molar-refractivity contribution is 0.768. The van der Waals surface area contributed by atoms with Gasteiger partial charge in [-0.2, -0.15) is 0 Å². The first kappa shape index (κ1) is 47.0. The molecule has 0 saturated carbocycles. The van der Waals surface area contributed by atoms with Gasteiger partial charge in [0.05, 0.1) is 16.5 Å². The average molecular weight is 1020 g/mol. The number of para-hydroxylation sites is 2. The monoisotopic (exact) mass is 1020 g/mol. The van der Waals surface area contributed by atoms with Gasteiger partial charge in [0.15, 0.2) is 0 Å². The van der Waals surface area contributed by atoms with Gasteiger partial charge >= 0.3 is 0 Å². The summed E-state index contributed by atoms with van der Waals surface area (Å²) in [4.78, 5) is 4.91. The van der Waals surface area contributed by atoms with E-state index in [0.29, 0.717) is 0 Å². The van der Waals surface area contributed by atoms with Crippen molar-refractivity contribution in [3.8, 4) is 33.4 Å². The summed E-state index contributed by atoms with van der Waals surface area (Å²) in [6.07, 6.45) is 0. The Morgan fingerprint density at radius 1 is 0.200 bits per heavy atom. The second kappa shape index (κ2) is 19.3. The third-order valence-electron chi connectivity index (χ3n) is 16.9. The van der Waals surface area contributed by atoms with E-state index in [4.69, 9.17) is 0 Å². The van der Waals surface area contributed by atoms with Crippen molar-refractivity contribution < 1.29 is 0 Å². The molecule has 0 heterocycles. The number of anilines is 6. The molecule has 0 aromatic heterocycles. The first-order valence-electron chi connectivity index (χ1n) is 27.7. The molecule has 13 aromatic rings. The minimum absolute atomic E-state index is 0.545. The highest BCUT2D eigenvalue weighted by molar-refractivity contribution is 5.98. The van der Waals surface area contributed by atoms with Gasteiger partial charge in [-0.1, -0.05) is 255 Å². The fourth-order valence-electron chi connectivity index (χ4n) is 13.6. The van der Waals surface area contributed by atoms with Gasteiger partial charge in [-0.05, 0) is 156 Å². The minimum atomic E-state index is -0.571. The maximum absolute atomic E-state index is 2.47. The van der Waals surface area contributed by atoms with Crippen LogP contribution >= 0.6 is 0 Å². The van der Waals surface area contributed by atoms with E-state index in [1.54, 1.807) is 0 Å². The summed E-state index contributed by atoms with van der Waals surface area (Å²) in [7, 11) is 0. The SMILES string of the molecule is c1ccc(-c2ccccc2N(c2cccc(N(c3ccccc3)c3ccc4c(c3)-c3cc5ccccc5cc3C4(c3ccccc3)c3ccccc3)c2)c2cccc(C3(c4ccccc4)c4ccccc4-c4ccccc43)c2)cc1. The molecular weight excluding hydrogens is 965 g/mol. The second-order valence-corrected chi connectivity index (χ2v) is 21.1. The van der Waals surface area contributed by atoms with Crippen LogP contribution in [0.2, 0.25) is 0 Å². The van der Waals surface area contributed by atoms with E-state index in [9.17, 15) is 0 Å². The Bertz CT molecular complexity index is 4330. The second-order valence-electron chi connectivity index (χ2n) is 21.1. The predicted molar refractivity (Wildman–Crippen MR) is 333 cm³/mol. The van der Waals surface area contributed by atoms with Crippen molar-refractivity contribution in [3.05, 3.63) is 372 Å². The van der Waals surface area contributed by atoms with E-state index in [2.05, 4.69) is 337 Å². The van der Waals surface area contributed by atoms with Crippen LogP contribution in [-0.4, -0.2) is 0 Å². The fraction of sp³-hybridized carbons (Fsp3) is 0.0256. The normalized spacial score (nSPS) is 13.2. The lowest BCUT2D eigenvalue weighted by Crippen LogP contribution is -2.28. The molecule has 0 saturated heterocycles. The van der Waals surface area contributed by atoms with Gasteiger partial charge in [0.1, 0.15) is 0 Å². The predicted octanol–water partition coefficient (Wildman–Crippen LogP) is 20.2. The summed E-state index contributed by atoms with van der Waals surface area (Å²) in [5, 5.41) is 2.46. The number of rotatable bonds is 11. The summed E-state index contributed by atoms with van der Waals surface area (Å²) in [5.74, 6) is 0. The van der Waals surface area contributed by atoms with Crippen molar-refractivity contribution in [1.29, 1.82) is 0 Å². The topological polar surface area (TPSA) is 6.48 Å². The maximum atomic E-state index is 2.47. The molecule has 2 nitrogen and oxygen atoms in total. The lowest BCUT2D eigenvalue weighted by atomic mass is 9.67. The van der Waals surface area contributed by atoms with Crippen molar-refractivity contribution in [2.45, 2.75) is 10.8 Å². The highest BCUT2D eigenvalue weighted by Crippen LogP contribution is 2.59. The molecule has 0 N–H and O–H groups in total. The van der Waals surface area contributed by atoms with E-state index in [-0.39, 0.29) is 0 Å². The Morgan fingerprint density at radius 2 is 0.600 bits per heavy atom. The Kier molecular flexibility index (Phi) is 11.3. The first-order valence-corrected chi connectivity index (χ1v) is 27.7. The van der Waals surface area contributed by atoms with Crippen LogP contribution in [0, 0.1) is 0 Å². The molecule has 376 valence electrons.